The van der Waals surface area contributed by atoms with E-state index in [0.29, 0.717) is 0 Å². The molecule has 1 N–H and O–H groups in total. The largest absolute Gasteiger partial charge is 0.372 e. The molecule has 0 radical (unpaired) electrons. The number of rotatable bonds is 5. The summed E-state index contributed by atoms with van der Waals surface area (Å²) in [6, 6.07) is 0. The smallest absolute Gasteiger partial charge is 0.0998 e. The summed E-state index contributed by atoms with van der Waals surface area (Å²) in [6.07, 6.45) is 8.43. The maximum absolute atomic E-state index is 5.71. The van der Waals surface area contributed by atoms with E-state index in [1.165, 1.54) is 0 Å². The number of nitrogens with one attached hydrogen (secondary N) is 1. The highest BCUT2D eigenvalue weighted by molar-refractivity contribution is 5.09. The first-order valence-electron chi connectivity index (χ1n) is 6.14. The summed E-state index contributed by atoms with van der Waals surface area (Å²) in [7, 11) is 0. The lowest BCUT2D eigenvalue weighted by atomic mass is 10.2. The first kappa shape index (κ1) is 12.2. The summed E-state index contributed by atoms with van der Waals surface area (Å²) in [4.78, 5) is 2.23. The van der Waals surface area contributed by atoms with Gasteiger partial charge in [-0.25, -0.2) is 5.01 Å². The van der Waals surface area contributed by atoms with Crippen molar-refractivity contribution in [3.63, 3.8) is 0 Å². The van der Waals surface area contributed by atoms with Crippen molar-refractivity contribution in [1.29, 1.82) is 0 Å². The van der Waals surface area contributed by atoms with Crippen molar-refractivity contribution in [3.8, 4) is 0 Å². The third-order valence-corrected chi connectivity index (χ3v) is 2.95. The zero-order chi connectivity index (χ0) is 12.1. The van der Waals surface area contributed by atoms with Gasteiger partial charge in [-0.2, -0.15) is 0 Å². The van der Waals surface area contributed by atoms with Gasteiger partial charge in [0.25, 0.3) is 0 Å². The normalized spacial score (nSPS) is 25.3. The SMILES string of the molecule is C=CCN1C=C(C2CCCO2)NN(CC=C)C1. The van der Waals surface area contributed by atoms with E-state index in [1.807, 2.05) is 12.2 Å². The second-order valence-corrected chi connectivity index (χ2v) is 4.41. The van der Waals surface area contributed by atoms with Crippen LogP contribution in [-0.2, 0) is 4.74 Å². The van der Waals surface area contributed by atoms with Gasteiger partial charge in [-0.15, -0.1) is 13.2 Å². The number of hydrogen-bond donors (Lipinski definition) is 1. The Balaban J connectivity index is 2.05. The molecule has 94 valence electrons. The minimum absolute atomic E-state index is 0.218. The summed E-state index contributed by atoms with van der Waals surface area (Å²) in [6.45, 7) is 10.9. The molecule has 0 amide bonds. The van der Waals surface area contributed by atoms with Crippen molar-refractivity contribution in [2.24, 2.45) is 0 Å². The first-order chi connectivity index (χ1) is 8.33. The van der Waals surface area contributed by atoms with E-state index in [-0.39, 0.29) is 6.10 Å². The van der Waals surface area contributed by atoms with Gasteiger partial charge >= 0.3 is 0 Å². The van der Waals surface area contributed by atoms with Gasteiger partial charge in [0.05, 0.1) is 18.5 Å². The molecule has 4 nitrogen and oxygen atoms in total. The third kappa shape index (κ3) is 3.11. The van der Waals surface area contributed by atoms with E-state index in [4.69, 9.17) is 4.74 Å². The molecule has 2 aliphatic rings. The molecule has 0 spiro atoms. The second-order valence-electron chi connectivity index (χ2n) is 4.41. The van der Waals surface area contributed by atoms with Crippen molar-refractivity contribution >= 4 is 0 Å². The molecule has 4 heteroatoms. The highest BCUT2D eigenvalue weighted by Crippen LogP contribution is 2.21. The summed E-state index contributed by atoms with van der Waals surface area (Å²) in [5.41, 5.74) is 4.56. The molecule has 1 unspecified atom stereocenters. The minimum Gasteiger partial charge on any atom is -0.372 e. The van der Waals surface area contributed by atoms with Crippen LogP contribution in [0.5, 0.6) is 0 Å². The predicted molar refractivity (Wildman–Crippen MR) is 68.9 cm³/mol. The number of hydrogen-bond acceptors (Lipinski definition) is 4. The Hall–Kier alpha value is -1.26. The monoisotopic (exact) mass is 235 g/mol. The lowest BCUT2D eigenvalue weighted by molar-refractivity contribution is 0.0764. The topological polar surface area (TPSA) is 27.7 Å². The van der Waals surface area contributed by atoms with Crippen LogP contribution in [-0.4, -0.2) is 42.4 Å². The van der Waals surface area contributed by atoms with Crippen molar-refractivity contribution in [2.75, 3.05) is 26.4 Å². The van der Waals surface area contributed by atoms with E-state index in [2.05, 4.69) is 34.7 Å². The van der Waals surface area contributed by atoms with Crippen LogP contribution in [0.15, 0.2) is 37.2 Å². The van der Waals surface area contributed by atoms with Crippen LogP contribution >= 0.6 is 0 Å². The average Bonchev–Trinajstić information content (AvgIpc) is 2.83. The highest BCUT2D eigenvalue weighted by atomic mass is 16.5. The predicted octanol–water partition coefficient (Wildman–Crippen LogP) is 1.46. The van der Waals surface area contributed by atoms with Crippen LogP contribution in [0.25, 0.3) is 0 Å². The van der Waals surface area contributed by atoms with Crippen LogP contribution in [0.2, 0.25) is 0 Å². The summed E-state index contributed by atoms with van der Waals surface area (Å²) in [5.74, 6) is 0. The molecule has 2 rings (SSSR count). The van der Waals surface area contributed by atoms with Crippen LogP contribution in [0.3, 0.4) is 0 Å². The Bertz CT molecular complexity index is 308. The van der Waals surface area contributed by atoms with E-state index in [0.717, 1.165) is 44.9 Å². The molecule has 2 heterocycles. The molecule has 1 fully saturated rings. The van der Waals surface area contributed by atoms with E-state index in [9.17, 15) is 0 Å². The maximum atomic E-state index is 5.71. The van der Waals surface area contributed by atoms with Crippen LogP contribution in [0, 0.1) is 0 Å². The maximum Gasteiger partial charge on any atom is 0.0998 e. The molecule has 1 saturated heterocycles. The van der Waals surface area contributed by atoms with Crippen molar-refractivity contribution in [1.82, 2.24) is 15.3 Å². The Kier molecular flexibility index (Phi) is 4.23. The summed E-state index contributed by atoms with van der Waals surface area (Å²) < 4.78 is 5.71. The molecule has 17 heavy (non-hydrogen) atoms. The Morgan fingerprint density at radius 1 is 1.41 bits per heavy atom. The fraction of sp³-hybridized carbons (Fsp3) is 0.538. The van der Waals surface area contributed by atoms with Gasteiger partial charge in [0.15, 0.2) is 0 Å². The molecule has 0 saturated carbocycles. The van der Waals surface area contributed by atoms with Gasteiger partial charge in [0.1, 0.15) is 0 Å². The van der Waals surface area contributed by atoms with Crippen molar-refractivity contribution in [3.05, 3.63) is 37.2 Å². The average molecular weight is 235 g/mol. The summed E-state index contributed by atoms with van der Waals surface area (Å²) in [5, 5.41) is 2.13. The second kappa shape index (κ2) is 5.89. The molecule has 0 bridgehead atoms. The third-order valence-electron chi connectivity index (χ3n) is 2.95. The van der Waals surface area contributed by atoms with Gasteiger partial charge in [-0.3, -0.25) is 0 Å². The van der Waals surface area contributed by atoms with Crippen LogP contribution < -0.4 is 5.43 Å². The molecule has 0 aromatic rings. The highest BCUT2D eigenvalue weighted by Gasteiger charge is 2.25. The molecule has 1 atom stereocenters. The van der Waals surface area contributed by atoms with Crippen molar-refractivity contribution in [2.45, 2.75) is 18.9 Å². The fourth-order valence-electron chi connectivity index (χ4n) is 2.22. The molecular formula is C13H21N3O. The van der Waals surface area contributed by atoms with Gasteiger partial charge in [0, 0.05) is 25.9 Å². The Morgan fingerprint density at radius 2 is 2.24 bits per heavy atom. The lowest BCUT2D eigenvalue weighted by Gasteiger charge is -2.37. The van der Waals surface area contributed by atoms with Gasteiger partial charge in [0.2, 0.25) is 0 Å². The molecule has 2 aliphatic heterocycles. The standard InChI is InChI=1S/C13H21N3O/c1-3-7-15-10-12(13-6-5-9-17-13)14-16(11-15)8-4-2/h3-4,10,13-14H,1-2,5-9,11H2. The lowest BCUT2D eigenvalue weighted by Crippen LogP contribution is -2.50. The minimum atomic E-state index is 0.218. The molecule has 0 aromatic carbocycles. The van der Waals surface area contributed by atoms with Crippen molar-refractivity contribution < 1.29 is 4.74 Å². The number of ether oxygens (including phenoxy) is 1. The van der Waals surface area contributed by atoms with Crippen LogP contribution in [0.4, 0.5) is 0 Å². The Morgan fingerprint density at radius 3 is 2.88 bits per heavy atom. The molecule has 0 aromatic heterocycles. The number of nitrogens with zero attached hydrogens (tertiary/aromatic N) is 2. The molecule has 0 aliphatic carbocycles. The van der Waals surface area contributed by atoms with E-state index < -0.39 is 0 Å². The van der Waals surface area contributed by atoms with E-state index in [1.54, 1.807) is 0 Å². The zero-order valence-corrected chi connectivity index (χ0v) is 10.3. The number of hydrazine groups is 1. The van der Waals surface area contributed by atoms with Gasteiger partial charge in [-0.1, -0.05) is 12.2 Å². The van der Waals surface area contributed by atoms with E-state index >= 15 is 0 Å². The quantitative estimate of drug-likeness (QED) is 0.730. The fourth-order valence-corrected chi connectivity index (χ4v) is 2.22. The summed E-state index contributed by atoms with van der Waals surface area (Å²) >= 11 is 0. The first-order valence-corrected chi connectivity index (χ1v) is 6.14. The molecular weight excluding hydrogens is 214 g/mol. The van der Waals surface area contributed by atoms with Gasteiger partial charge in [-0.05, 0) is 12.8 Å². The Labute approximate surface area is 103 Å². The van der Waals surface area contributed by atoms with Crippen LogP contribution in [0.1, 0.15) is 12.8 Å². The zero-order valence-electron chi connectivity index (χ0n) is 10.3. The van der Waals surface area contributed by atoms with Gasteiger partial charge < -0.3 is 15.1 Å².